The highest BCUT2D eigenvalue weighted by atomic mass is 16.6. The molecule has 9 nitrogen and oxygen atoms in total. The molecule has 3 fully saturated rings. The quantitative estimate of drug-likeness (QED) is 0.338. The molecule has 1 N–H and O–H groups in total. The normalized spacial score (nSPS) is 32.5. The predicted molar refractivity (Wildman–Crippen MR) is 146 cm³/mol. The van der Waals surface area contributed by atoms with Crippen LogP contribution in [0.4, 0.5) is 5.69 Å². The molecule has 2 bridgehead atoms. The topological polar surface area (TPSA) is 106 Å². The largest absolute Gasteiger partial charge is 0.497 e. The Balaban J connectivity index is 1.88. The molecule has 9 heteroatoms. The second kappa shape index (κ2) is 10.9. The maximum absolute atomic E-state index is 14.7. The molecule has 214 valence electrons. The smallest absolute Gasteiger partial charge is 0.312 e. The molecule has 0 radical (unpaired) electrons. The third-order valence-electron chi connectivity index (χ3n) is 9.33. The van der Waals surface area contributed by atoms with Crippen LogP contribution in [0, 0.1) is 23.7 Å². The van der Waals surface area contributed by atoms with Crippen molar-refractivity contribution >= 4 is 23.5 Å². The van der Waals surface area contributed by atoms with Crippen LogP contribution in [-0.2, 0) is 23.9 Å². The summed E-state index contributed by atoms with van der Waals surface area (Å²) in [6, 6.07) is 5.45. The van der Waals surface area contributed by atoms with Crippen molar-refractivity contribution in [2.75, 3.05) is 31.8 Å². The number of rotatable bonds is 11. The molecule has 4 rings (SSSR count). The summed E-state index contributed by atoms with van der Waals surface area (Å²) in [6.45, 7) is 13.4. The number of fused-ring (bicyclic) bond motifs is 1. The van der Waals surface area contributed by atoms with Gasteiger partial charge in [0.2, 0.25) is 5.91 Å². The monoisotopic (exact) mass is 542 g/mol. The van der Waals surface area contributed by atoms with Crippen molar-refractivity contribution in [3.63, 3.8) is 0 Å². The van der Waals surface area contributed by atoms with Crippen LogP contribution >= 0.6 is 0 Å². The molecule has 3 unspecified atom stereocenters. The van der Waals surface area contributed by atoms with Gasteiger partial charge >= 0.3 is 5.97 Å². The predicted octanol–water partition coefficient (Wildman–Crippen LogP) is 3.20. The van der Waals surface area contributed by atoms with Crippen molar-refractivity contribution in [2.24, 2.45) is 23.7 Å². The molecular formula is C30H42N2O7. The minimum Gasteiger partial charge on any atom is -0.497 e. The maximum atomic E-state index is 14.7. The van der Waals surface area contributed by atoms with E-state index >= 15 is 0 Å². The maximum Gasteiger partial charge on any atom is 0.312 e. The number of benzene rings is 1. The molecule has 3 aliphatic heterocycles. The Labute approximate surface area is 231 Å². The van der Waals surface area contributed by atoms with Crippen LogP contribution in [0.25, 0.3) is 0 Å². The Bertz CT molecular complexity index is 1110. The number of nitrogens with zero attached hydrogens (tertiary/aromatic N) is 2. The lowest BCUT2D eigenvalue weighted by Gasteiger charge is -2.41. The molecule has 1 aromatic rings. The van der Waals surface area contributed by atoms with Gasteiger partial charge in [0.05, 0.1) is 37.9 Å². The molecule has 39 heavy (non-hydrogen) atoms. The standard InChI is InChI=1S/C30H42N2O7/c1-8-15-31(20-11-13-21(37-7)14-12-20)27(35)25-30-16-19(5)29(6,39-30)24(28(36)38-10-3)23(30)26(34)32(25)22(17-33)18(4)9-2/h8,11-14,18-19,22-25,33H,1,9-10,15-17H2,2-7H3/t18-,19?,22-,23-,24-,25?,29+,30?/m0/s1. The van der Waals surface area contributed by atoms with Gasteiger partial charge in [-0.2, -0.15) is 0 Å². The van der Waals surface area contributed by atoms with E-state index in [-0.39, 0.29) is 43.4 Å². The van der Waals surface area contributed by atoms with E-state index in [1.165, 1.54) is 4.90 Å². The highest BCUT2D eigenvalue weighted by molar-refractivity contribution is 6.05. The summed E-state index contributed by atoms with van der Waals surface area (Å²) in [5.41, 5.74) is -1.57. The summed E-state index contributed by atoms with van der Waals surface area (Å²) < 4.78 is 17.5. The van der Waals surface area contributed by atoms with Gasteiger partial charge in [0.15, 0.2) is 0 Å². The SMILES string of the molecule is C=CCN(C(=O)C1N([C@@H](CO)[C@@H](C)CC)C(=O)[C@@H]2[C@@H](C(=O)OCC)[C@]3(C)OC12CC3C)c1ccc(OC)cc1. The molecule has 3 aliphatic rings. The fraction of sp³-hybridized carbons (Fsp3) is 0.633. The van der Waals surface area contributed by atoms with E-state index in [1.54, 1.807) is 49.3 Å². The average Bonchev–Trinajstić information content (AvgIpc) is 3.44. The number of ether oxygens (including phenoxy) is 3. The van der Waals surface area contributed by atoms with E-state index < -0.39 is 41.1 Å². The van der Waals surface area contributed by atoms with Crippen LogP contribution in [0.2, 0.25) is 0 Å². The molecule has 0 saturated carbocycles. The third-order valence-corrected chi connectivity index (χ3v) is 9.33. The minimum absolute atomic E-state index is 0.0930. The van der Waals surface area contributed by atoms with Crippen molar-refractivity contribution in [1.82, 2.24) is 4.90 Å². The van der Waals surface area contributed by atoms with Crippen molar-refractivity contribution in [3.8, 4) is 5.75 Å². The molecule has 0 aliphatic carbocycles. The highest BCUT2D eigenvalue weighted by Crippen LogP contribution is 2.66. The van der Waals surface area contributed by atoms with Gasteiger partial charge in [0, 0.05) is 12.2 Å². The number of hydrogen-bond acceptors (Lipinski definition) is 7. The number of aliphatic hydroxyl groups is 1. The van der Waals surface area contributed by atoms with Gasteiger partial charge in [-0.15, -0.1) is 6.58 Å². The molecule has 3 heterocycles. The summed E-state index contributed by atoms with van der Waals surface area (Å²) in [4.78, 5) is 45.6. The van der Waals surface area contributed by atoms with Crippen LogP contribution in [0.3, 0.4) is 0 Å². The number of anilines is 1. The van der Waals surface area contributed by atoms with Crippen LogP contribution in [0.1, 0.15) is 47.5 Å². The number of methoxy groups -OCH3 is 1. The number of esters is 1. The number of likely N-dealkylation sites (tertiary alicyclic amines) is 1. The Kier molecular flexibility index (Phi) is 8.15. The van der Waals surface area contributed by atoms with E-state index in [1.807, 2.05) is 27.7 Å². The van der Waals surface area contributed by atoms with E-state index in [9.17, 15) is 19.5 Å². The van der Waals surface area contributed by atoms with E-state index in [4.69, 9.17) is 14.2 Å². The van der Waals surface area contributed by atoms with Crippen LogP contribution in [0.15, 0.2) is 36.9 Å². The van der Waals surface area contributed by atoms with Gasteiger partial charge in [0.1, 0.15) is 23.3 Å². The zero-order chi connectivity index (χ0) is 28.7. The summed E-state index contributed by atoms with van der Waals surface area (Å²) in [5.74, 6) is -2.43. The molecule has 1 spiro atoms. The number of carbonyl (C=O) groups excluding carboxylic acids is 3. The second-order valence-corrected chi connectivity index (χ2v) is 11.3. The van der Waals surface area contributed by atoms with Crippen molar-refractivity contribution in [3.05, 3.63) is 36.9 Å². The summed E-state index contributed by atoms with van der Waals surface area (Å²) >= 11 is 0. The van der Waals surface area contributed by atoms with Crippen molar-refractivity contribution < 1.29 is 33.7 Å². The van der Waals surface area contributed by atoms with Crippen LogP contribution in [-0.4, -0.2) is 77.9 Å². The van der Waals surface area contributed by atoms with Gasteiger partial charge < -0.3 is 29.1 Å². The number of carbonyl (C=O) groups is 3. The van der Waals surface area contributed by atoms with E-state index in [0.29, 0.717) is 24.3 Å². The number of amides is 2. The molecule has 1 aromatic carbocycles. The second-order valence-electron chi connectivity index (χ2n) is 11.3. The van der Waals surface area contributed by atoms with Crippen molar-refractivity contribution in [1.29, 1.82) is 0 Å². The first kappa shape index (κ1) is 29.1. The molecule has 0 aromatic heterocycles. The summed E-state index contributed by atoms with van der Waals surface area (Å²) in [6.07, 6.45) is 2.76. The van der Waals surface area contributed by atoms with Gasteiger partial charge in [-0.05, 0) is 56.4 Å². The first-order valence-corrected chi connectivity index (χ1v) is 13.9. The molecular weight excluding hydrogens is 500 g/mol. The summed E-state index contributed by atoms with van der Waals surface area (Å²) in [5, 5.41) is 10.5. The molecule has 3 saturated heterocycles. The average molecular weight is 543 g/mol. The fourth-order valence-corrected chi connectivity index (χ4v) is 7.08. The van der Waals surface area contributed by atoms with E-state index in [2.05, 4.69) is 6.58 Å². The highest BCUT2D eigenvalue weighted by Gasteiger charge is 2.81. The molecule has 8 atom stereocenters. The van der Waals surface area contributed by atoms with Gasteiger partial charge in [-0.25, -0.2) is 0 Å². The fourth-order valence-electron chi connectivity index (χ4n) is 7.08. The Hall–Kier alpha value is -2.91. The third kappa shape index (κ3) is 4.34. The van der Waals surface area contributed by atoms with Gasteiger partial charge in [0.25, 0.3) is 5.91 Å². The van der Waals surface area contributed by atoms with Crippen molar-refractivity contribution in [2.45, 2.75) is 70.7 Å². The minimum atomic E-state index is -1.23. The zero-order valence-corrected chi connectivity index (χ0v) is 23.9. The number of aliphatic hydroxyl groups excluding tert-OH is 1. The first-order valence-electron chi connectivity index (χ1n) is 13.9. The van der Waals surface area contributed by atoms with Crippen LogP contribution in [0.5, 0.6) is 5.75 Å². The van der Waals surface area contributed by atoms with Gasteiger partial charge in [-0.3, -0.25) is 14.4 Å². The number of hydrogen-bond donors (Lipinski definition) is 1. The zero-order valence-electron chi connectivity index (χ0n) is 23.9. The van der Waals surface area contributed by atoms with Gasteiger partial charge in [-0.1, -0.05) is 33.3 Å². The Morgan fingerprint density at radius 3 is 2.51 bits per heavy atom. The Morgan fingerprint density at radius 1 is 1.31 bits per heavy atom. The first-order chi connectivity index (χ1) is 18.6. The lowest BCUT2D eigenvalue weighted by molar-refractivity contribution is -0.162. The lowest BCUT2D eigenvalue weighted by Crippen LogP contribution is -2.60. The summed E-state index contributed by atoms with van der Waals surface area (Å²) in [7, 11) is 1.57. The Morgan fingerprint density at radius 2 is 1.97 bits per heavy atom. The molecule has 2 amide bonds. The van der Waals surface area contributed by atoms with E-state index in [0.717, 1.165) is 0 Å². The lowest BCUT2D eigenvalue weighted by atomic mass is 9.62. The van der Waals surface area contributed by atoms with Crippen LogP contribution < -0.4 is 9.64 Å².